The second-order valence-corrected chi connectivity index (χ2v) is 6.29. The highest BCUT2D eigenvalue weighted by Crippen LogP contribution is 2.79. The predicted molar refractivity (Wildman–Crippen MR) is 79.0 cm³/mol. The van der Waals surface area contributed by atoms with E-state index in [2.05, 4.69) is 26.8 Å². The Morgan fingerprint density at radius 3 is 2.11 bits per heavy atom. The summed E-state index contributed by atoms with van der Waals surface area (Å²) in [4.78, 5) is 0. The monoisotopic (exact) mass is 247 g/mol. The van der Waals surface area contributed by atoms with Crippen molar-refractivity contribution in [2.45, 2.75) is 60.3 Å². The molecule has 0 amide bonds. The fraction of sp³-hybridized carbons (Fsp3) is 0.765. The van der Waals surface area contributed by atoms with E-state index >= 15 is 0 Å². The summed E-state index contributed by atoms with van der Waals surface area (Å²) in [5.41, 5.74) is 10.7. The van der Waals surface area contributed by atoms with E-state index in [0.717, 1.165) is 29.9 Å². The summed E-state index contributed by atoms with van der Waals surface area (Å²) >= 11 is 0. The van der Waals surface area contributed by atoms with Gasteiger partial charge in [-0.2, -0.15) is 0 Å². The van der Waals surface area contributed by atoms with Crippen LogP contribution in [0.2, 0.25) is 0 Å². The molecule has 3 rings (SSSR count). The van der Waals surface area contributed by atoms with Gasteiger partial charge in [-0.25, -0.2) is 0 Å². The van der Waals surface area contributed by atoms with Crippen molar-refractivity contribution in [3.63, 3.8) is 0 Å². The Morgan fingerprint density at radius 1 is 1.22 bits per heavy atom. The van der Waals surface area contributed by atoms with Crippen LogP contribution in [0.25, 0.3) is 0 Å². The highest BCUT2D eigenvalue weighted by Gasteiger charge is 2.72. The first kappa shape index (κ1) is 13.7. The van der Waals surface area contributed by atoms with E-state index in [1.54, 1.807) is 0 Å². The van der Waals surface area contributed by atoms with Crippen LogP contribution in [0, 0.1) is 23.2 Å². The second kappa shape index (κ2) is 4.75. The van der Waals surface area contributed by atoms with E-state index < -0.39 is 0 Å². The molecule has 0 aromatic rings. The first-order valence-electron chi connectivity index (χ1n) is 7.72. The molecule has 0 aliphatic heterocycles. The van der Waals surface area contributed by atoms with E-state index in [9.17, 15) is 0 Å². The maximum atomic E-state index is 6.13. The van der Waals surface area contributed by atoms with Crippen LogP contribution in [0.3, 0.4) is 0 Å². The third kappa shape index (κ3) is 1.66. The van der Waals surface area contributed by atoms with Crippen LogP contribution in [0.4, 0.5) is 0 Å². The van der Waals surface area contributed by atoms with Gasteiger partial charge in [0.05, 0.1) is 0 Å². The molecule has 2 atom stereocenters. The van der Waals surface area contributed by atoms with Gasteiger partial charge in [-0.3, -0.25) is 0 Å². The fourth-order valence-corrected chi connectivity index (χ4v) is 4.56. The van der Waals surface area contributed by atoms with Crippen molar-refractivity contribution >= 4 is 0 Å². The van der Waals surface area contributed by atoms with Gasteiger partial charge in [0.2, 0.25) is 0 Å². The molecule has 3 aliphatic rings. The summed E-state index contributed by atoms with van der Waals surface area (Å²) in [6.07, 6.45) is 7.89. The Hall–Kier alpha value is -0.720. The lowest BCUT2D eigenvalue weighted by molar-refractivity contribution is -0.247. The zero-order valence-corrected chi connectivity index (χ0v) is 12.7. The maximum Gasteiger partial charge on any atom is 0.00872 e. The van der Waals surface area contributed by atoms with Crippen LogP contribution in [-0.2, 0) is 0 Å². The first-order valence-corrected chi connectivity index (χ1v) is 7.72. The Kier molecular flexibility index (Phi) is 3.62. The van der Waals surface area contributed by atoms with Crippen molar-refractivity contribution < 1.29 is 0 Å². The average Bonchev–Trinajstić information content (AvgIpc) is 2.36. The molecular formula is C17H29N. The molecular weight excluding hydrogens is 218 g/mol. The Balaban J connectivity index is 0.000000574. The zero-order valence-electron chi connectivity index (χ0n) is 12.7. The van der Waals surface area contributed by atoms with Crippen LogP contribution in [0.5, 0.6) is 0 Å². The third-order valence-corrected chi connectivity index (χ3v) is 5.42. The quantitative estimate of drug-likeness (QED) is 0.722. The summed E-state index contributed by atoms with van der Waals surface area (Å²) in [7, 11) is 0. The number of nitrogens with two attached hydrogens (primary N) is 1. The van der Waals surface area contributed by atoms with E-state index in [0.29, 0.717) is 5.41 Å². The molecule has 0 spiro atoms. The summed E-state index contributed by atoms with van der Waals surface area (Å²) in [6.45, 7) is 10.5. The van der Waals surface area contributed by atoms with Crippen LogP contribution in [0.15, 0.2) is 22.9 Å². The number of allylic oxidation sites excluding steroid dienone is 4. The lowest BCUT2D eigenvalue weighted by Crippen LogP contribution is -2.69. The van der Waals surface area contributed by atoms with Crippen LogP contribution < -0.4 is 5.73 Å². The van der Waals surface area contributed by atoms with Gasteiger partial charge < -0.3 is 5.73 Å². The molecule has 3 fully saturated rings. The van der Waals surface area contributed by atoms with Gasteiger partial charge in [0.25, 0.3) is 0 Å². The Bertz CT molecular complexity index is 372. The first-order chi connectivity index (χ1) is 8.58. The van der Waals surface area contributed by atoms with Crippen molar-refractivity contribution in [3.05, 3.63) is 22.9 Å². The predicted octanol–water partition coefficient (Wildman–Crippen LogP) is 4.65. The molecule has 1 nitrogen and oxygen atoms in total. The molecule has 0 aromatic carbocycles. The van der Waals surface area contributed by atoms with Gasteiger partial charge in [0.15, 0.2) is 0 Å². The highest BCUT2D eigenvalue weighted by atomic mass is 14.8. The van der Waals surface area contributed by atoms with Gasteiger partial charge in [-0.1, -0.05) is 32.4 Å². The second-order valence-electron chi connectivity index (χ2n) is 6.29. The minimum absolute atomic E-state index is 0.531. The zero-order chi connectivity index (χ0) is 13.5. The summed E-state index contributed by atoms with van der Waals surface area (Å²) < 4.78 is 0. The Labute approximate surface area is 113 Å². The third-order valence-electron chi connectivity index (χ3n) is 5.42. The van der Waals surface area contributed by atoms with E-state index in [1.165, 1.54) is 30.4 Å². The molecule has 1 heteroatoms. The molecule has 0 heterocycles. The van der Waals surface area contributed by atoms with Gasteiger partial charge in [-0.15, -0.1) is 0 Å². The highest BCUT2D eigenvalue weighted by molar-refractivity contribution is 5.42. The molecule has 0 aromatic heterocycles. The largest absolute Gasteiger partial charge is 0.402 e. The molecule has 0 bridgehead atoms. The summed E-state index contributed by atoms with van der Waals surface area (Å²) in [5.74, 6) is 3.13. The average molecular weight is 247 g/mol. The molecule has 18 heavy (non-hydrogen) atoms. The van der Waals surface area contributed by atoms with Crippen LogP contribution in [0.1, 0.15) is 60.3 Å². The minimum atomic E-state index is 0.531. The fourth-order valence-electron chi connectivity index (χ4n) is 4.56. The molecule has 0 radical (unpaired) electrons. The van der Waals surface area contributed by atoms with Crippen molar-refractivity contribution in [1.29, 1.82) is 0 Å². The van der Waals surface area contributed by atoms with Crippen LogP contribution >= 0.6 is 0 Å². The molecule has 0 saturated heterocycles. The van der Waals surface area contributed by atoms with Crippen molar-refractivity contribution in [1.82, 2.24) is 0 Å². The van der Waals surface area contributed by atoms with Crippen molar-refractivity contribution in [3.8, 4) is 0 Å². The van der Waals surface area contributed by atoms with E-state index in [4.69, 9.17) is 5.73 Å². The van der Waals surface area contributed by atoms with Crippen molar-refractivity contribution in [2.75, 3.05) is 0 Å². The smallest absolute Gasteiger partial charge is 0.00872 e. The molecule has 2 N–H and O–H groups in total. The lowest BCUT2D eigenvalue weighted by Gasteiger charge is -2.77. The van der Waals surface area contributed by atoms with E-state index in [-0.39, 0.29) is 0 Å². The van der Waals surface area contributed by atoms with E-state index in [1.807, 2.05) is 13.8 Å². The minimum Gasteiger partial charge on any atom is -0.402 e. The topological polar surface area (TPSA) is 26.0 Å². The Morgan fingerprint density at radius 2 is 1.78 bits per heavy atom. The van der Waals surface area contributed by atoms with Gasteiger partial charge in [0, 0.05) is 11.1 Å². The summed E-state index contributed by atoms with van der Waals surface area (Å²) in [5, 5.41) is 0. The van der Waals surface area contributed by atoms with Gasteiger partial charge >= 0.3 is 0 Å². The molecule has 2 unspecified atom stereocenters. The summed E-state index contributed by atoms with van der Waals surface area (Å²) in [6, 6.07) is 0. The SMILES string of the molecule is CC.CC/C(C)=C\C(=C(/C)N)C12CC3CC(C1)C32. The number of rotatable bonds is 3. The van der Waals surface area contributed by atoms with Gasteiger partial charge in [0.1, 0.15) is 0 Å². The van der Waals surface area contributed by atoms with Crippen molar-refractivity contribution in [2.24, 2.45) is 28.9 Å². The van der Waals surface area contributed by atoms with Crippen LogP contribution in [-0.4, -0.2) is 0 Å². The lowest BCUT2D eigenvalue weighted by atomic mass is 9.27. The number of hydrogen-bond acceptors (Lipinski definition) is 1. The molecule has 3 aliphatic carbocycles. The molecule has 3 saturated carbocycles. The normalized spacial score (nSPS) is 41.2. The maximum absolute atomic E-state index is 6.13. The van der Waals surface area contributed by atoms with Gasteiger partial charge in [-0.05, 0) is 62.9 Å². The molecule has 102 valence electrons. The number of hydrogen-bond donors (Lipinski definition) is 1. The standard InChI is InChI=1S/C15H23N.C2H6/c1-4-9(2)5-13(10(3)16)15-7-11-6-12(8-15)14(11)15;1-2/h5,11-12,14H,4,6-8,16H2,1-3H3;1-2H3/b9-5-,13-10-;.